The van der Waals surface area contributed by atoms with Gasteiger partial charge >= 0.3 is 0 Å². The molecule has 0 spiro atoms. The van der Waals surface area contributed by atoms with Crippen LogP contribution in [0, 0.1) is 6.92 Å². The second-order valence-electron chi connectivity index (χ2n) is 6.39. The van der Waals surface area contributed by atoms with Crippen LogP contribution in [0.25, 0.3) is 22.0 Å². The van der Waals surface area contributed by atoms with E-state index in [-0.39, 0.29) is 6.54 Å². The Morgan fingerprint density at radius 1 is 1.25 bits per heavy atom. The largest absolute Gasteiger partial charge is 0.383 e. The summed E-state index contributed by atoms with van der Waals surface area (Å²) in [5, 5.41) is 8.90. The van der Waals surface area contributed by atoms with Crippen molar-refractivity contribution in [1.82, 2.24) is 24.7 Å². The van der Waals surface area contributed by atoms with Crippen LogP contribution in [0.15, 0.2) is 49.2 Å². The van der Waals surface area contributed by atoms with Crippen molar-refractivity contribution in [1.29, 1.82) is 0 Å². The van der Waals surface area contributed by atoms with E-state index in [4.69, 9.17) is 11.5 Å². The van der Waals surface area contributed by atoms with Gasteiger partial charge in [-0.25, -0.2) is 9.97 Å². The number of carbonyl (C=O) groups excluding carboxylic acids is 1. The molecule has 0 radical (unpaired) electrons. The van der Waals surface area contributed by atoms with E-state index >= 15 is 0 Å². The predicted molar refractivity (Wildman–Crippen MR) is 107 cm³/mol. The first-order valence-corrected chi connectivity index (χ1v) is 8.54. The molecular formula is C19H18N8O. The Morgan fingerprint density at radius 2 is 2.11 bits per heavy atom. The Balaban J connectivity index is 1.69. The standard InChI is InChI=1S/C19H18N8O/c1-11-2-3-22-7-14(11)16-4-12-5-18(23-8-15(12)19(21)26-16)25-13-6-24-27(9-13)10-17(20)28/h2-9H,10H2,1H3,(H2,20,28)(H2,21,26)(H,23,25). The van der Waals surface area contributed by atoms with Crippen molar-refractivity contribution in [3.05, 3.63) is 54.7 Å². The summed E-state index contributed by atoms with van der Waals surface area (Å²) >= 11 is 0. The fraction of sp³-hybridized carbons (Fsp3) is 0.105. The summed E-state index contributed by atoms with van der Waals surface area (Å²) in [6.45, 7) is 2.02. The number of amides is 1. The lowest BCUT2D eigenvalue weighted by atomic mass is 10.1. The van der Waals surface area contributed by atoms with Gasteiger partial charge in [-0.15, -0.1) is 0 Å². The Bertz CT molecular complexity index is 1180. The monoisotopic (exact) mass is 374 g/mol. The summed E-state index contributed by atoms with van der Waals surface area (Å²) in [5.74, 6) is 0.564. The van der Waals surface area contributed by atoms with Gasteiger partial charge in [0.1, 0.15) is 18.2 Å². The number of nitrogens with zero attached hydrogens (tertiary/aromatic N) is 5. The van der Waals surface area contributed by atoms with Gasteiger partial charge < -0.3 is 16.8 Å². The highest BCUT2D eigenvalue weighted by atomic mass is 16.1. The van der Waals surface area contributed by atoms with Gasteiger partial charge in [-0.2, -0.15) is 5.10 Å². The SMILES string of the molecule is Cc1ccncc1-c1cc2cc(Nc3cnn(CC(N)=O)c3)ncc2c(N)n1. The van der Waals surface area contributed by atoms with Gasteiger partial charge in [0.05, 0.1) is 17.6 Å². The number of hydrogen-bond acceptors (Lipinski definition) is 7. The molecule has 4 aromatic heterocycles. The van der Waals surface area contributed by atoms with Crippen LogP contribution in [0.4, 0.5) is 17.3 Å². The average molecular weight is 374 g/mol. The molecule has 140 valence electrons. The number of aryl methyl sites for hydroxylation is 1. The molecule has 0 aromatic carbocycles. The second-order valence-corrected chi connectivity index (χ2v) is 6.39. The summed E-state index contributed by atoms with van der Waals surface area (Å²) in [7, 11) is 0. The maximum Gasteiger partial charge on any atom is 0.239 e. The molecule has 28 heavy (non-hydrogen) atoms. The van der Waals surface area contributed by atoms with Gasteiger partial charge in [0.2, 0.25) is 5.91 Å². The summed E-state index contributed by atoms with van der Waals surface area (Å²) in [4.78, 5) is 24.1. The fourth-order valence-electron chi connectivity index (χ4n) is 2.93. The zero-order chi connectivity index (χ0) is 19.7. The van der Waals surface area contributed by atoms with Gasteiger partial charge in [0.25, 0.3) is 0 Å². The van der Waals surface area contributed by atoms with Crippen LogP contribution >= 0.6 is 0 Å². The number of nitrogens with two attached hydrogens (primary N) is 2. The number of hydrogen-bond donors (Lipinski definition) is 3. The summed E-state index contributed by atoms with van der Waals surface area (Å²) in [6, 6.07) is 5.77. The molecule has 0 atom stereocenters. The maximum absolute atomic E-state index is 11.0. The molecule has 0 unspecified atom stereocenters. The zero-order valence-electron chi connectivity index (χ0n) is 15.1. The Kier molecular flexibility index (Phi) is 4.32. The fourth-order valence-corrected chi connectivity index (χ4v) is 2.93. The molecule has 0 fully saturated rings. The summed E-state index contributed by atoms with van der Waals surface area (Å²) < 4.78 is 1.46. The molecule has 4 rings (SSSR count). The molecular weight excluding hydrogens is 356 g/mol. The lowest BCUT2D eigenvalue weighted by molar-refractivity contribution is -0.118. The van der Waals surface area contributed by atoms with Gasteiger partial charge in [-0.1, -0.05) is 0 Å². The van der Waals surface area contributed by atoms with Crippen molar-refractivity contribution in [2.75, 3.05) is 11.1 Å². The third kappa shape index (κ3) is 3.45. The highest BCUT2D eigenvalue weighted by Crippen LogP contribution is 2.29. The lowest BCUT2D eigenvalue weighted by Gasteiger charge is -2.10. The van der Waals surface area contributed by atoms with Crippen molar-refractivity contribution in [3.8, 4) is 11.3 Å². The maximum atomic E-state index is 11.0. The van der Waals surface area contributed by atoms with E-state index in [1.165, 1.54) is 4.68 Å². The minimum atomic E-state index is -0.459. The number of carbonyl (C=O) groups is 1. The van der Waals surface area contributed by atoms with Crippen LogP contribution < -0.4 is 16.8 Å². The van der Waals surface area contributed by atoms with E-state index in [1.54, 1.807) is 31.0 Å². The van der Waals surface area contributed by atoms with Crippen LogP contribution in [-0.2, 0) is 11.3 Å². The number of primary amides is 1. The van der Waals surface area contributed by atoms with Crippen LogP contribution in [0.1, 0.15) is 5.56 Å². The van der Waals surface area contributed by atoms with E-state index in [0.717, 1.165) is 27.6 Å². The van der Waals surface area contributed by atoms with Crippen molar-refractivity contribution < 1.29 is 4.79 Å². The number of rotatable bonds is 5. The lowest BCUT2D eigenvalue weighted by Crippen LogP contribution is -2.18. The molecule has 4 aromatic rings. The molecule has 0 saturated heterocycles. The number of nitrogens with one attached hydrogen (secondary N) is 1. The van der Waals surface area contributed by atoms with Crippen molar-refractivity contribution in [2.45, 2.75) is 13.5 Å². The number of fused-ring (bicyclic) bond motifs is 1. The number of anilines is 3. The number of nitrogen functional groups attached to an aromatic ring is 1. The molecule has 9 nitrogen and oxygen atoms in total. The van der Waals surface area contributed by atoms with E-state index in [1.807, 2.05) is 25.1 Å². The molecule has 0 bridgehead atoms. The first-order valence-electron chi connectivity index (χ1n) is 8.54. The predicted octanol–water partition coefficient (Wildman–Crippen LogP) is 2.01. The second kappa shape index (κ2) is 6.95. The van der Waals surface area contributed by atoms with E-state index in [2.05, 4.69) is 25.4 Å². The quantitative estimate of drug-likeness (QED) is 0.486. The average Bonchev–Trinajstić information content (AvgIpc) is 3.07. The van der Waals surface area contributed by atoms with E-state index in [9.17, 15) is 4.79 Å². The molecule has 5 N–H and O–H groups in total. The smallest absolute Gasteiger partial charge is 0.239 e. The Morgan fingerprint density at radius 3 is 2.89 bits per heavy atom. The third-order valence-corrected chi connectivity index (χ3v) is 4.28. The first-order chi connectivity index (χ1) is 13.5. The zero-order valence-corrected chi connectivity index (χ0v) is 15.1. The molecule has 0 aliphatic carbocycles. The molecule has 0 aliphatic rings. The topological polar surface area (TPSA) is 138 Å². The summed E-state index contributed by atoms with van der Waals surface area (Å²) in [6.07, 6.45) is 8.47. The van der Waals surface area contributed by atoms with Crippen molar-refractivity contribution >= 4 is 34.0 Å². The Hall–Kier alpha value is -4.01. The van der Waals surface area contributed by atoms with Crippen LogP contribution in [-0.4, -0.2) is 30.6 Å². The van der Waals surface area contributed by atoms with Crippen molar-refractivity contribution in [2.24, 2.45) is 5.73 Å². The highest BCUT2D eigenvalue weighted by Gasteiger charge is 2.10. The van der Waals surface area contributed by atoms with Gasteiger partial charge in [-0.05, 0) is 36.1 Å². The van der Waals surface area contributed by atoms with Gasteiger partial charge in [0.15, 0.2) is 0 Å². The number of pyridine rings is 3. The molecule has 4 heterocycles. The normalized spacial score (nSPS) is 10.9. The minimum absolute atomic E-state index is 0.0167. The number of aromatic nitrogens is 5. The molecule has 9 heteroatoms. The molecule has 0 aliphatic heterocycles. The van der Waals surface area contributed by atoms with Crippen LogP contribution in [0.2, 0.25) is 0 Å². The van der Waals surface area contributed by atoms with E-state index in [0.29, 0.717) is 17.3 Å². The van der Waals surface area contributed by atoms with Gasteiger partial charge in [0, 0.05) is 35.7 Å². The highest BCUT2D eigenvalue weighted by molar-refractivity contribution is 5.94. The minimum Gasteiger partial charge on any atom is -0.383 e. The summed E-state index contributed by atoms with van der Waals surface area (Å²) in [5.41, 5.74) is 14.8. The molecule has 1 amide bonds. The molecule has 0 saturated carbocycles. The third-order valence-electron chi connectivity index (χ3n) is 4.28. The van der Waals surface area contributed by atoms with E-state index < -0.39 is 5.91 Å². The first kappa shape index (κ1) is 17.4. The van der Waals surface area contributed by atoms with Gasteiger partial charge in [-0.3, -0.25) is 14.5 Å². The van der Waals surface area contributed by atoms with Crippen molar-refractivity contribution in [3.63, 3.8) is 0 Å². The van der Waals surface area contributed by atoms with Crippen LogP contribution in [0.3, 0.4) is 0 Å². The Labute approximate surface area is 160 Å². The van der Waals surface area contributed by atoms with Crippen LogP contribution in [0.5, 0.6) is 0 Å².